The molecule has 5 nitrogen and oxygen atoms in total. The van der Waals surface area contributed by atoms with E-state index in [1.165, 1.54) is 27.4 Å². The molecule has 1 amide bonds. The number of hydrogen-bond acceptors (Lipinski definition) is 3. The Morgan fingerprint density at radius 1 is 1.21 bits per heavy atom. The predicted molar refractivity (Wildman–Crippen MR) is 111 cm³/mol. The molecule has 1 aliphatic rings. The highest BCUT2D eigenvalue weighted by Crippen LogP contribution is 2.27. The van der Waals surface area contributed by atoms with Gasteiger partial charge in [-0.15, -0.1) is 0 Å². The van der Waals surface area contributed by atoms with Gasteiger partial charge in [0.15, 0.2) is 0 Å². The van der Waals surface area contributed by atoms with E-state index >= 15 is 0 Å². The van der Waals surface area contributed by atoms with E-state index in [1.807, 2.05) is 6.92 Å². The summed E-state index contributed by atoms with van der Waals surface area (Å²) in [4.78, 5) is 14.6. The number of rotatable bonds is 5. The molecule has 0 bridgehead atoms. The van der Waals surface area contributed by atoms with E-state index in [2.05, 4.69) is 0 Å². The van der Waals surface area contributed by atoms with Gasteiger partial charge >= 0.3 is 0 Å². The minimum absolute atomic E-state index is 0.0511. The smallest absolute Gasteiger partial charge is 0.254 e. The second kappa shape index (κ2) is 8.63. The van der Waals surface area contributed by atoms with Crippen LogP contribution in [0.15, 0.2) is 47.4 Å². The van der Waals surface area contributed by atoms with Gasteiger partial charge in [0, 0.05) is 31.7 Å². The lowest BCUT2D eigenvalue weighted by atomic mass is 10.1. The number of piperidine rings is 1. The largest absolute Gasteiger partial charge is 0.337 e. The molecule has 3 rings (SSSR count). The van der Waals surface area contributed by atoms with Crippen LogP contribution < -0.4 is 0 Å². The standard InChI is InChI=1S/C22H27FN2O3S/c1-16-10-11-20(29(27,28)25-12-5-4-7-17(25)2)14-21(16)22(26)24(3)15-18-8-6-9-19(23)13-18/h6,8-11,13-14,17H,4-5,7,12,15H2,1-3H3. The molecule has 1 fully saturated rings. The van der Waals surface area contributed by atoms with Crippen LogP contribution in [0.25, 0.3) is 0 Å². The summed E-state index contributed by atoms with van der Waals surface area (Å²) in [6.07, 6.45) is 2.71. The van der Waals surface area contributed by atoms with E-state index in [-0.39, 0.29) is 29.2 Å². The maximum absolute atomic E-state index is 13.4. The third-order valence-corrected chi connectivity index (χ3v) is 7.45. The molecule has 7 heteroatoms. The Hall–Kier alpha value is -2.25. The van der Waals surface area contributed by atoms with Crippen molar-refractivity contribution in [2.45, 2.75) is 50.6 Å². The van der Waals surface area contributed by atoms with Crippen LogP contribution in [0, 0.1) is 12.7 Å². The predicted octanol–water partition coefficient (Wildman–Crippen LogP) is 3.97. The van der Waals surface area contributed by atoms with Crippen LogP contribution in [0.1, 0.15) is 47.7 Å². The summed E-state index contributed by atoms with van der Waals surface area (Å²) in [6.45, 7) is 4.43. The monoisotopic (exact) mass is 418 g/mol. The highest BCUT2D eigenvalue weighted by molar-refractivity contribution is 7.89. The average molecular weight is 419 g/mol. The fourth-order valence-corrected chi connectivity index (χ4v) is 5.47. The lowest BCUT2D eigenvalue weighted by Gasteiger charge is -2.32. The van der Waals surface area contributed by atoms with Gasteiger partial charge in [-0.25, -0.2) is 12.8 Å². The van der Waals surface area contributed by atoms with Crippen LogP contribution in [0.3, 0.4) is 0 Å². The van der Waals surface area contributed by atoms with E-state index in [0.29, 0.717) is 23.2 Å². The zero-order valence-corrected chi connectivity index (χ0v) is 17.9. The van der Waals surface area contributed by atoms with Crippen molar-refractivity contribution in [3.8, 4) is 0 Å². The van der Waals surface area contributed by atoms with Gasteiger partial charge in [0.2, 0.25) is 10.0 Å². The van der Waals surface area contributed by atoms with Crippen molar-refractivity contribution in [2.75, 3.05) is 13.6 Å². The van der Waals surface area contributed by atoms with Gasteiger partial charge < -0.3 is 4.90 Å². The number of sulfonamides is 1. The summed E-state index contributed by atoms with van der Waals surface area (Å²) in [7, 11) is -2.04. The van der Waals surface area contributed by atoms with E-state index in [4.69, 9.17) is 0 Å². The third kappa shape index (κ3) is 4.67. The van der Waals surface area contributed by atoms with Crippen molar-refractivity contribution in [2.24, 2.45) is 0 Å². The van der Waals surface area contributed by atoms with Crippen molar-refractivity contribution < 1.29 is 17.6 Å². The minimum Gasteiger partial charge on any atom is -0.337 e. The second-order valence-corrected chi connectivity index (χ2v) is 9.62. The van der Waals surface area contributed by atoms with Crippen LogP contribution in [-0.4, -0.2) is 43.2 Å². The lowest BCUT2D eigenvalue weighted by Crippen LogP contribution is -2.42. The number of aryl methyl sites for hydroxylation is 1. The normalized spacial score (nSPS) is 17.9. The first-order valence-electron chi connectivity index (χ1n) is 9.82. The SMILES string of the molecule is Cc1ccc(S(=O)(=O)N2CCCCC2C)cc1C(=O)N(C)Cc1cccc(F)c1. The van der Waals surface area contributed by atoms with Crippen molar-refractivity contribution >= 4 is 15.9 Å². The number of halogens is 1. The number of carbonyl (C=O) groups is 1. The molecule has 2 aromatic rings. The second-order valence-electron chi connectivity index (χ2n) is 7.73. The van der Waals surface area contributed by atoms with E-state index in [9.17, 15) is 17.6 Å². The van der Waals surface area contributed by atoms with E-state index in [1.54, 1.807) is 38.2 Å². The van der Waals surface area contributed by atoms with Gasteiger partial charge in [-0.2, -0.15) is 4.31 Å². The van der Waals surface area contributed by atoms with Crippen LogP contribution in [0.4, 0.5) is 4.39 Å². The number of nitrogens with zero attached hydrogens (tertiary/aromatic N) is 2. The van der Waals surface area contributed by atoms with Gasteiger partial charge in [-0.1, -0.05) is 24.6 Å². The first-order chi connectivity index (χ1) is 13.7. The fraction of sp³-hybridized carbons (Fsp3) is 0.409. The summed E-state index contributed by atoms with van der Waals surface area (Å²) in [6, 6.07) is 10.7. The van der Waals surface area contributed by atoms with Gasteiger partial charge in [0.25, 0.3) is 5.91 Å². The van der Waals surface area contributed by atoms with Crippen LogP contribution >= 0.6 is 0 Å². The molecule has 0 aromatic heterocycles. The number of carbonyl (C=O) groups excluding carboxylic acids is 1. The summed E-state index contributed by atoms with van der Waals surface area (Å²) < 4.78 is 41.2. The van der Waals surface area contributed by atoms with E-state index < -0.39 is 10.0 Å². The maximum atomic E-state index is 13.4. The Morgan fingerprint density at radius 3 is 2.66 bits per heavy atom. The molecule has 0 radical (unpaired) electrons. The molecule has 1 unspecified atom stereocenters. The molecule has 1 heterocycles. The van der Waals surface area contributed by atoms with Crippen LogP contribution in [-0.2, 0) is 16.6 Å². The molecule has 1 atom stereocenters. The first-order valence-corrected chi connectivity index (χ1v) is 11.3. The molecule has 0 N–H and O–H groups in total. The highest BCUT2D eigenvalue weighted by Gasteiger charge is 2.31. The molecule has 1 aliphatic heterocycles. The summed E-state index contributed by atoms with van der Waals surface area (Å²) in [5.74, 6) is -0.654. The van der Waals surface area contributed by atoms with Crippen molar-refractivity contribution in [3.05, 3.63) is 65.0 Å². The summed E-state index contributed by atoms with van der Waals surface area (Å²) in [5, 5.41) is 0. The van der Waals surface area contributed by atoms with Crippen molar-refractivity contribution in [1.82, 2.24) is 9.21 Å². The summed E-state index contributed by atoms with van der Waals surface area (Å²) >= 11 is 0. The molecule has 1 saturated heterocycles. The average Bonchev–Trinajstić information content (AvgIpc) is 2.68. The topological polar surface area (TPSA) is 57.7 Å². The number of benzene rings is 2. The third-order valence-electron chi connectivity index (χ3n) is 5.44. The molecule has 0 spiro atoms. The Morgan fingerprint density at radius 2 is 1.97 bits per heavy atom. The maximum Gasteiger partial charge on any atom is 0.254 e. The van der Waals surface area contributed by atoms with Gasteiger partial charge in [-0.3, -0.25) is 4.79 Å². The minimum atomic E-state index is -3.66. The molecular formula is C22H27FN2O3S. The molecule has 0 saturated carbocycles. The molecule has 156 valence electrons. The zero-order valence-electron chi connectivity index (χ0n) is 17.1. The zero-order chi connectivity index (χ0) is 21.2. The van der Waals surface area contributed by atoms with Crippen molar-refractivity contribution in [1.29, 1.82) is 0 Å². The lowest BCUT2D eigenvalue weighted by molar-refractivity contribution is 0.0784. The summed E-state index contributed by atoms with van der Waals surface area (Å²) in [5.41, 5.74) is 1.71. The van der Waals surface area contributed by atoms with Crippen LogP contribution in [0.5, 0.6) is 0 Å². The Kier molecular flexibility index (Phi) is 6.39. The molecule has 0 aliphatic carbocycles. The number of hydrogen-bond donors (Lipinski definition) is 0. The fourth-order valence-electron chi connectivity index (χ4n) is 3.74. The van der Waals surface area contributed by atoms with Crippen LogP contribution in [0.2, 0.25) is 0 Å². The number of amides is 1. The quantitative estimate of drug-likeness (QED) is 0.738. The molecule has 29 heavy (non-hydrogen) atoms. The van der Waals surface area contributed by atoms with Gasteiger partial charge in [0.1, 0.15) is 5.82 Å². The highest BCUT2D eigenvalue weighted by atomic mass is 32.2. The van der Waals surface area contributed by atoms with Gasteiger partial charge in [-0.05, 0) is 62.1 Å². The Bertz CT molecular complexity index is 1010. The molecular weight excluding hydrogens is 391 g/mol. The first kappa shape index (κ1) is 21.5. The molecule has 2 aromatic carbocycles. The Balaban J connectivity index is 1.87. The van der Waals surface area contributed by atoms with Crippen molar-refractivity contribution in [3.63, 3.8) is 0 Å². The van der Waals surface area contributed by atoms with E-state index in [0.717, 1.165) is 19.3 Å². The van der Waals surface area contributed by atoms with Gasteiger partial charge in [0.05, 0.1) is 4.90 Å². The Labute approximate surface area is 172 Å².